The Morgan fingerprint density at radius 2 is 2.00 bits per heavy atom. The molecule has 8 nitrogen and oxygen atoms in total. The van der Waals surface area contributed by atoms with Crippen molar-refractivity contribution < 1.29 is 4.79 Å². The van der Waals surface area contributed by atoms with Crippen LogP contribution in [-0.2, 0) is 11.3 Å². The zero-order valence-corrected chi connectivity index (χ0v) is 17.3. The number of unbranched alkanes of at least 4 members (excludes halogenated alkanes) is 1. The molecule has 1 atom stereocenters. The van der Waals surface area contributed by atoms with E-state index in [0.29, 0.717) is 23.7 Å². The van der Waals surface area contributed by atoms with Gasteiger partial charge in [-0.1, -0.05) is 37.6 Å². The minimum Gasteiger partial charge on any atom is -0.368 e. The van der Waals surface area contributed by atoms with Gasteiger partial charge in [-0.25, -0.2) is 0 Å². The van der Waals surface area contributed by atoms with Crippen molar-refractivity contribution in [2.75, 3.05) is 11.1 Å². The third-order valence-corrected chi connectivity index (χ3v) is 4.52. The van der Waals surface area contributed by atoms with Crippen molar-refractivity contribution in [3.8, 4) is 11.9 Å². The maximum atomic E-state index is 12.9. The molecule has 0 bridgehead atoms. The predicted octanol–water partition coefficient (Wildman–Crippen LogP) is 3.17. The second-order valence-corrected chi connectivity index (χ2v) is 6.93. The standard InChI is InChI=1S/C23H25N7O/c1-2-3-4-7-19(22(31)26-16-18-10-8-17(15-24)9-11-18)27-20-14-21(29-23(25)28-20)30-12-5-6-13-30/h4-14,19H,2-3,16H2,1H3,(H,26,31)(H3,25,27,28,29)/b7-4+. The first-order valence-corrected chi connectivity index (χ1v) is 10.1. The number of nitriles is 1. The number of carbonyl (C=O) groups is 1. The number of hydrogen-bond acceptors (Lipinski definition) is 6. The van der Waals surface area contributed by atoms with Crippen LogP contribution in [0.4, 0.5) is 11.8 Å². The molecule has 0 aliphatic heterocycles. The highest BCUT2D eigenvalue weighted by atomic mass is 16.2. The molecule has 8 heteroatoms. The number of allylic oxidation sites excluding steroid dienone is 1. The van der Waals surface area contributed by atoms with Crippen LogP contribution in [0.1, 0.15) is 30.9 Å². The predicted molar refractivity (Wildman–Crippen MR) is 120 cm³/mol. The van der Waals surface area contributed by atoms with Crippen LogP contribution < -0.4 is 16.4 Å². The maximum Gasteiger partial charge on any atom is 0.246 e. The normalized spacial score (nSPS) is 11.7. The first-order valence-electron chi connectivity index (χ1n) is 10.1. The van der Waals surface area contributed by atoms with Gasteiger partial charge in [0.2, 0.25) is 11.9 Å². The summed E-state index contributed by atoms with van der Waals surface area (Å²) in [4.78, 5) is 21.4. The number of carbonyl (C=O) groups excluding carboxylic acids is 1. The molecular weight excluding hydrogens is 390 g/mol. The monoisotopic (exact) mass is 415 g/mol. The van der Waals surface area contributed by atoms with Crippen molar-refractivity contribution in [2.45, 2.75) is 32.4 Å². The molecule has 0 aliphatic rings. The number of amides is 1. The molecule has 4 N–H and O–H groups in total. The fourth-order valence-corrected chi connectivity index (χ4v) is 2.90. The molecule has 0 aliphatic carbocycles. The topological polar surface area (TPSA) is 122 Å². The van der Waals surface area contributed by atoms with Crippen LogP contribution in [0.5, 0.6) is 0 Å². The number of nitrogens with two attached hydrogens (primary N) is 1. The van der Waals surface area contributed by atoms with Crippen molar-refractivity contribution in [3.63, 3.8) is 0 Å². The Morgan fingerprint density at radius 3 is 2.68 bits per heavy atom. The number of aromatic nitrogens is 3. The van der Waals surface area contributed by atoms with Gasteiger partial charge in [-0.05, 0) is 36.2 Å². The number of nitrogens with zero attached hydrogens (tertiary/aromatic N) is 4. The van der Waals surface area contributed by atoms with Gasteiger partial charge in [0.15, 0.2) is 0 Å². The highest BCUT2D eigenvalue weighted by molar-refractivity contribution is 5.86. The van der Waals surface area contributed by atoms with E-state index < -0.39 is 6.04 Å². The lowest BCUT2D eigenvalue weighted by molar-refractivity contribution is -0.121. The molecule has 2 heterocycles. The Balaban J connectivity index is 1.74. The van der Waals surface area contributed by atoms with E-state index in [0.717, 1.165) is 18.4 Å². The summed E-state index contributed by atoms with van der Waals surface area (Å²) in [7, 11) is 0. The molecule has 0 saturated carbocycles. The van der Waals surface area contributed by atoms with Gasteiger partial charge in [-0.15, -0.1) is 0 Å². The Labute approximate surface area is 181 Å². The van der Waals surface area contributed by atoms with E-state index >= 15 is 0 Å². The highest BCUT2D eigenvalue weighted by Crippen LogP contribution is 2.14. The number of nitrogens with one attached hydrogen (secondary N) is 2. The Kier molecular flexibility index (Phi) is 7.38. The van der Waals surface area contributed by atoms with Crippen LogP contribution in [-0.4, -0.2) is 26.5 Å². The highest BCUT2D eigenvalue weighted by Gasteiger charge is 2.16. The molecule has 0 saturated heterocycles. The molecule has 2 aromatic heterocycles. The van der Waals surface area contributed by atoms with Crippen LogP contribution in [0.15, 0.2) is 67.0 Å². The first kappa shape index (κ1) is 21.6. The van der Waals surface area contributed by atoms with Gasteiger partial charge in [0, 0.05) is 25.0 Å². The molecule has 3 rings (SSSR count). The van der Waals surface area contributed by atoms with Gasteiger partial charge in [0.1, 0.15) is 17.7 Å². The van der Waals surface area contributed by atoms with E-state index in [1.54, 1.807) is 18.2 Å². The quantitative estimate of drug-likeness (QED) is 0.462. The summed E-state index contributed by atoms with van der Waals surface area (Å²) in [6.45, 7) is 2.43. The lowest BCUT2D eigenvalue weighted by Gasteiger charge is -2.17. The minimum absolute atomic E-state index is 0.114. The molecule has 0 radical (unpaired) electrons. The van der Waals surface area contributed by atoms with E-state index in [4.69, 9.17) is 11.0 Å². The molecular formula is C23H25N7O. The smallest absolute Gasteiger partial charge is 0.246 e. The van der Waals surface area contributed by atoms with Crippen LogP contribution in [0, 0.1) is 11.3 Å². The van der Waals surface area contributed by atoms with Crippen LogP contribution in [0.25, 0.3) is 5.82 Å². The lowest BCUT2D eigenvalue weighted by Crippen LogP contribution is -2.38. The molecule has 0 spiro atoms. The number of benzene rings is 1. The van der Waals surface area contributed by atoms with Crippen molar-refractivity contribution in [1.82, 2.24) is 19.9 Å². The van der Waals surface area contributed by atoms with Gasteiger partial charge in [0.05, 0.1) is 11.6 Å². The fraction of sp³-hybridized carbons (Fsp3) is 0.217. The number of nitrogen functional groups attached to an aromatic ring is 1. The molecule has 31 heavy (non-hydrogen) atoms. The van der Waals surface area contributed by atoms with Gasteiger partial charge < -0.3 is 20.9 Å². The average molecular weight is 416 g/mol. The van der Waals surface area contributed by atoms with Gasteiger partial charge in [-0.2, -0.15) is 15.2 Å². The SMILES string of the molecule is CCC/C=C/C(Nc1cc(-n2cccc2)nc(N)n1)C(=O)NCc1ccc(C#N)cc1. The lowest BCUT2D eigenvalue weighted by atomic mass is 10.1. The summed E-state index contributed by atoms with van der Waals surface area (Å²) in [5.74, 6) is 0.976. The van der Waals surface area contributed by atoms with Crippen LogP contribution >= 0.6 is 0 Å². The summed E-state index contributed by atoms with van der Waals surface area (Å²) in [5.41, 5.74) is 7.37. The van der Waals surface area contributed by atoms with E-state index in [2.05, 4.69) is 33.6 Å². The van der Waals surface area contributed by atoms with E-state index in [1.807, 2.05) is 53.4 Å². The third-order valence-electron chi connectivity index (χ3n) is 4.52. The maximum absolute atomic E-state index is 12.9. The first-order chi connectivity index (χ1) is 15.1. The number of hydrogen-bond donors (Lipinski definition) is 3. The average Bonchev–Trinajstić information content (AvgIpc) is 3.32. The summed E-state index contributed by atoms with van der Waals surface area (Å²) in [5, 5.41) is 15.0. The Hall–Kier alpha value is -4.12. The summed E-state index contributed by atoms with van der Waals surface area (Å²) >= 11 is 0. The fourth-order valence-electron chi connectivity index (χ4n) is 2.90. The summed E-state index contributed by atoms with van der Waals surface area (Å²) in [6.07, 6.45) is 9.35. The van der Waals surface area contributed by atoms with Gasteiger partial charge in [0.25, 0.3) is 0 Å². The van der Waals surface area contributed by atoms with Crippen molar-refractivity contribution in [1.29, 1.82) is 5.26 Å². The zero-order chi connectivity index (χ0) is 22.1. The second kappa shape index (κ2) is 10.6. The summed E-state index contributed by atoms with van der Waals surface area (Å²) in [6, 6.07) is 14.1. The molecule has 1 aromatic carbocycles. The molecule has 158 valence electrons. The van der Waals surface area contributed by atoms with Gasteiger partial charge in [-0.3, -0.25) is 4.79 Å². The Morgan fingerprint density at radius 1 is 1.26 bits per heavy atom. The van der Waals surface area contributed by atoms with Crippen molar-refractivity contribution in [2.24, 2.45) is 0 Å². The van der Waals surface area contributed by atoms with Crippen LogP contribution in [0.3, 0.4) is 0 Å². The number of rotatable bonds is 9. The van der Waals surface area contributed by atoms with Crippen molar-refractivity contribution >= 4 is 17.7 Å². The summed E-state index contributed by atoms with van der Waals surface area (Å²) < 4.78 is 1.82. The second-order valence-electron chi connectivity index (χ2n) is 6.93. The Bertz CT molecular complexity index is 1070. The van der Waals surface area contributed by atoms with E-state index in [1.165, 1.54) is 0 Å². The van der Waals surface area contributed by atoms with E-state index in [9.17, 15) is 4.79 Å². The molecule has 1 unspecified atom stereocenters. The zero-order valence-electron chi connectivity index (χ0n) is 17.3. The molecule has 3 aromatic rings. The van der Waals surface area contributed by atoms with Crippen LogP contribution in [0.2, 0.25) is 0 Å². The largest absolute Gasteiger partial charge is 0.368 e. The van der Waals surface area contributed by atoms with Crippen molar-refractivity contribution in [3.05, 3.63) is 78.1 Å². The third kappa shape index (κ3) is 6.18. The van der Waals surface area contributed by atoms with E-state index in [-0.39, 0.29) is 11.9 Å². The number of anilines is 2. The minimum atomic E-state index is -0.628. The van der Waals surface area contributed by atoms with Gasteiger partial charge >= 0.3 is 0 Å². The molecule has 0 fully saturated rings. The molecule has 1 amide bonds.